The quantitative estimate of drug-likeness (QED) is 0.345. The van der Waals surface area contributed by atoms with Crippen LogP contribution >= 0.6 is 11.8 Å². The molecule has 2 atom stereocenters. The average Bonchev–Trinajstić information content (AvgIpc) is 3.60. The number of nitrogens with zero attached hydrogens (tertiary/aromatic N) is 4. The molecule has 1 aliphatic heterocycles. The third-order valence-electron chi connectivity index (χ3n) is 6.26. The van der Waals surface area contributed by atoms with Gasteiger partial charge in [-0.2, -0.15) is 0 Å². The van der Waals surface area contributed by atoms with Crippen LogP contribution in [0.5, 0.6) is 0 Å². The van der Waals surface area contributed by atoms with Crippen molar-refractivity contribution >= 4 is 39.9 Å². The number of aromatic nitrogens is 4. The number of rotatable bonds is 8. The first-order chi connectivity index (χ1) is 17.0. The first-order valence-corrected chi connectivity index (χ1v) is 12.7. The van der Waals surface area contributed by atoms with Crippen molar-refractivity contribution in [2.45, 2.75) is 42.8 Å². The summed E-state index contributed by atoms with van der Waals surface area (Å²) in [5, 5.41) is 13.5. The molecule has 1 aliphatic rings. The van der Waals surface area contributed by atoms with Crippen LogP contribution in [0.25, 0.3) is 22.3 Å². The van der Waals surface area contributed by atoms with Gasteiger partial charge in [0.05, 0.1) is 17.9 Å². The van der Waals surface area contributed by atoms with E-state index in [1.54, 1.807) is 0 Å². The molecule has 0 bridgehead atoms. The van der Waals surface area contributed by atoms with E-state index in [2.05, 4.69) is 31.1 Å². The van der Waals surface area contributed by atoms with Crippen LogP contribution in [-0.4, -0.2) is 57.7 Å². The van der Waals surface area contributed by atoms with Gasteiger partial charge in [0.15, 0.2) is 11.0 Å². The van der Waals surface area contributed by atoms with Gasteiger partial charge in [-0.05, 0) is 50.1 Å². The number of amides is 1. The molecular formula is C26H30N6O2S. The van der Waals surface area contributed by atoms with Crippen LogP contribution < -0.4 is 10.2 Å². The predicted molar refractivity (Wildman–Crippen MR) is 141 cm³/mol. The number of hydrogen-bond acceptors (Lipinski definition) is 6. The van der Waals surface area contributed by atoms with Gasteiger partial charge in [0.2, 0.25) is 5.91 Å². The molecule has 182 valence electrons. The summed E-state index contributed by atoms with van der Waals surface area (Å²) in [6.07, 6.45) is 4.16. The monoisotopic (exact) mass is 490 g/mol. The van der Waals surface area contributed by atoms with Gasteiger partial charge in [-0.1, -0.05) is 30.0 Å². The minimum Gasteiger partial charge on any atom is -0.378 e. The van der Waals surface area contributed by atoms with Crippen molar-refractivity contribution in [2.24, 2.45) is 0 Å². The number of anilines is 2. The highest BCUT2D eigenvalue weighted by Gasteiger charge is 2.25. The van der Waals surface area contributed by atoms with E-state index in [-0.39, 0.29) is 17.3 Å². The largest absolute Gasteiger partial charge is 0.378 e. The number of nitrogens with one attached hydrogen (secondary N) is 2. The van der Waals surface area contributed by atoms with Crippen molar-refractivity contribution in [1.82, 2.24) is 19.7 Å². The van der Waals surface area contributed by atoms with Crippen LogP contribution in [0.2, 0.25) is 0 Å². The van der Waals surface area contributed by atoms with Gasteiger partial charge in [-0.25, -0.2) is 0 Å². The molecule has 0 radical (unpaired) electrons. The molecule has 0 aliphatic carbocycles. The summed E-state index contributed by atoms with van der Waals surface area (Å²) in [7, 11) is 3.98. The molecule has 1 amide bonds. The molecule has 3 heterocycles. The topological polar surface area (TPSA) is 88.1 Å². The molecule has 0 spiro atoms. The Labute approximate surface area is 209 Å². The van der Waals surface area contributed by atoms with Gasteiger partial charge in [-0.3, -0.25) is 9.36 Å². The Balaban J connectivity index is 1.38. The highest BCUT2D eigenvalue weighted by Crippen LogP contribution is 2.32. The van der Waals surface area contributed by atoms with Crippen molar-refractivity contribution in [3.63, 3.8) is 0 Å². The van der Waals surface area contributed by atoms with Gasteiger partial charge in [0.25, 0.3) is 0 Å². The summed E-state index contributed by atoms with van der Waals surface area (Å²) in [5.41, 5.74) is 3.90. The van der Waals surface area contributed by atoms with Gasteiger partial charge < -0.3 is 19.9 Å². The van der Waals surface area contributed by atoms with E-state index in [4.69, 9.17) is 4.74 Å². The molecule has 1 saturated heterocycles. The number of thioether (sulfide) groups is 1. The van der Waals surface area contributed by atoms with Crippen LogP contribution in [0.15, 0.2) is 59.9 Å². The average molecular weight is 491 g/mol. The minimum atomic E-state index is -0.355. The number of carbonyl (C=O) groups excluding carboxylic acids is 1. The molecular weight excluding hydrogens is 460 g/mol. The Morgan fingerprint density at radius 1 is 1.23 bits per heavy atom. The van der Waals surface area contributed by atoms with Gasteiger partial charge >= 0.3 is 0 Å². The maximum Gasteiger partial charge on any atom is 0.237 e. The van der Waals surface area contributed by atoms with E-state index in [0.717, 1.165) is 53.1 Å². The van der Waals surface area contributed by atoms with Crippen molar-refractivity contribution in [2.75, 3.05) is 30.9 Å². The molecule has 0 unspecified atom stereocenters. The summed E-state index contributed by atoms with van der Waals surface area (Å²) in [6, 6.07) is 16.0. The summed E-state index contributed by atoms with van der Waals surface area (Å²) in [5.74, 6) is 0.709. The Kier molecular flexibility index (Phi) is 6.79. The van der Waals surface area contributed by atoms with E-state index in [1.165, 1.54) is 11.8 Å². The van der Waals surface area contributed by atoms with Gasteiger partial charge in [0.1, 0.15) is 0 Å². The summed E-state index contributed by atoms with van der Waals surface area (Å²) < 4.78 is 8.03. The molecule has 9 heteroatoms. The molecule has 0 saturated carbocycles. The van der Waals surface area contributed by atoms with E-state index in [9.17, 15) is 4.79 Å². The van der Waals surface area contributed by atoms with E-state index >= 15 is 0 Å². The Hall–Kier alpha value is -3.30. The second kappa shape index (κ2) is 10.1. The smallest absolute Gasteiger partial charge is 0.237 e. The van der Waals surface area contributed by atoms with Crippen molar-refractivity contribution in [3.05, 3.63) is 54.7 Å². The highest BCUT2D eigenvalue weighted by molar-refractivity contribution is 8.00. The lowest BCUT2D eigenvalue weighted by atomic mass is 10.1. The number of fused-ring (bicyclic) bond motifs is 1. The number of para-hydroxylation sites is 1. The van der Waals surface area contributed by atoms with Gasteiger partial charge in [0, 0.05) is 54.7 Å². The van der Waals surface area contributed by atoms with Crippen LogP contribution in [0.4, 0.5) is 11.4 Å². The van der Waals surface area contributed by atoms with E-state index in [1.807, 2.05) is 74.6 Å². The lowest BCUT2D eigenvalue weighted by Gasteiger charge is -2.17. The number of ether oxygens (including phenoxy) is 1. The number of benzene rings is 2. The lowest BCUT2D eigenvalue weighted by Crippen LogP contribution is -2.23. The first kappa shape index (κ1) is 23.4. The Bertz CT molecular complexity index is 1310. The first-order valence-electron chi connectivity index (χ1n) is 11.9. The second-order valence-electron chi connectivity index (χ2n) is 8.99. The van der Waals surface area contributed by atoms with Crippen molar-refractivity contribution < 1.29 is 9.53 Å². The molecule has 2 aromatic heterocycles. The molecule has 1 fully saturated rings. The summed E-state index contributed by atoms with van der Waals surface area (Å²) >= 11 is 1.42. The fraction of sp³-hybridized carbons (Fsp3) is 0.346. The normalized spacial score (nSPS) is 16.5. The molecule has 8 nitrogen and oxygen atoms in total. The maximum atomic E-state index is 13.0. The standard InChI is InChI=1S/C26H30N6O2S/c1-17(25(33)28-18-10-12-19(13-11-18)31(2)3)35-26-30-29-24(32(26)16-20-7-6-14-34-20)22-15-27-23-9-5-4-8-21(22)23/h4-5,8-13,15,17,20,27H,6-7,14,16H2,1-3H3,(H,28,33)/t17-,20+/m1/s1. The fourth-order valence-electron chi connectivity index (χ4n) is 4.29. The molecule has 4 aromatic rings. The van der Waals surface area contributed by atoms with Crippen molar-refractivity contribution in [1.29, 1.82) is 0 Å². The van der Waals surface area contributed by atoms with E-state index < -0.39 is 0 Å². The van der Waals surface area contributed by atoms with Crippen LogP contribution in [-0.2, 0) is 16.1 Å². The SMILES string of the molecule is C[C@@H](Sc1nnc(-c2c[nH]c3ccccc23)n1C[C@@H]1CCCO1)C(=O)Nc1ccc(N(C)C)cc1. The zero-order valence-corrected chi connectivity index (χ0v) is 21.0. The number of hydrogen-bond donors (Lipinski definition) is 2. The number of H-pyrrole nitrogens is 1. The third kappa shape index (κ3) is 5.06. The Morgan fingerprint density at radius 2 is 2.03 bits per heavy atom. The number of aromatic amines is 1. The summed E-state index contributed by atoms with van der Waals surface area (Å²) in [4.78, 5) is 18.3. The number of carbonyl (C=O) groups is 1. The third-order valence-corrected chi connectivity index (χ3v) is 7.34. The molecule has 5 rings (SSSR count). The van der Waals surface area contributed by atoms with Crippen molar-refractivity contribution in [3.8, 4) is 11.4 Å². The predicted octanol–water partition coefficient (Wildman–Crippen LogP) is 4.79. The van der Waals surface area contributed by atoms with Gasteiger partial charge in [-0.15, -0.1) is 10.2 Å². The van der Waals surface area contributed by atoms with E-state index in [0.29, 0.717) is 11.7 Å². The molecule has 2 N–H and O–H groups in total. The lowest BCUT2D eigenvalue weighted by molar-refractivity contribution is -0.115. The molecule has 2 aromatic carbocycles. The van der Waals surface area contributed by atoms with Crippen LogP contribution in [0.1, 0.15) is 19.8 Å². The fourth-order valence-corrected chi connectivity index (χ4v) is 5.15. The zero-order valence-electron chi connectivity index (χ0n) is 20.2. The van der Waals surface area contributed by atoms with Crippen LogP contribution in [0.3, 0.4) is 0 Å². The zero-order chi connectivity index (χ0) is 24.4. The molecule has 35 heavy (non-hydrogen) atoms. The van der Waals surface area contributed by atoms with Crippen LogP contribution in [0, 0.1) is 0 Å². The second-order valence-corrected chi connectivity index (χ2v) is 10.3. The highest BCUT2D eigenvalue weighted by atomic mass is 32.2. The maximum absolute atomic E-state index is 13.0. The minimum absolute atomic E-state index is 0.0760. The Morgan fingerprint density at radius 3 is 2.77 bits per heavy atom. The summed E-state index contributed by atoms with van der Waals surface area (Å²) in [6.45, 7) is 3.33.